The Bertz CT molecular complexity index is 2450. The minimum atomic E-state index is 0.515. The van der Waals surface area contributed by atoms with Gasteiger partial charge in [0.1, 0.15) is 5.52 Å². The first-order valence-corrected chi connectivity index (χ1v) is 14.5. The first-order chi connectivity index (χ1) is 21.8. The van der Waals surface area contributed by atoms with Gasteiger partial charge in [-0.2, -0.15) is 9.97 Å². The normalized spacial score (nSPS) is 11.6. The van der Waals surface area contributed by atoms with Crippen LogP contribution in [0.5, 0.6) is 0 Å². The molecule has 3 aromatic heterocycles. The summed E-state index contributed by atoms with van der Waals surface area (Å²) in [6, 6.07) is 47.1. The van der Waals surface area contributed by atoms with E-state index in [9.17, 15) is 0 Å². The number of para-hydroxylation sites is 3. The zero-order valence-corrected chi connectivity index (χ0v) is 23.4. The predicted octanol–water partition coefficient (Wildman–Crippen LogP) is 9.26. The van der Waals surface area contributed by atoms with Gasteiger partial charge in [0.25, 0.3) is 0 Å². The summed E-state index contributed by atoms with van der Waals surface area (Å²) >= 11 is 0. The summed E-state index contributed by atoms with van der Waals surface area (Å²) in [5.41, 5.74) is 6.03. The second-order valence-corrected chi connectivity index (χ2v) is 10.7. The standard InChI is InChI=1S/C38H23N5O/c1-2-13-25(14-3-1)37-39-31-21-11-20-30(34(31)44-37)36-40-35(29-19-10-15-24-12-4-5-16-26(24)29)41-38(42-36)43-32-22-8-6-17-27(32)28-18-7-9-23-33(28)43/h1-23H. The fourth-order valence-electron chi connectivity index (χ4n) is 6.09. The molecule has 6 heteroatoms. The van der Waals surface area contributed by atoms with Crippen LogP contribution in [0.1, 0.15) is 0 Å². The van der Waals surface area contributed by atoms with Gasteiger partial charge in [-0.25, -0.2) is 9.97 Å². The van der Waals surface area contributed by atoms with E-state index >= 15 is 0 Å². The second kappa shape index (κ2) is 9.71. The molecule has 6 nitrogen and oxygen atoms in total. The third-order valence-electron chi connectivity index (χ3n) is 8.11. The van der Waals surface area contributed by atoms with Crippen molar-refractivity contribution < 1.29 is 4.42 Å². The van der Waals surface area contributed by atoms with Crippen LogP contribution in [0.25, 0.3) is 83.9 Å². The van der Waals surface area contributed by atoms with E-state index < -0.39 is 0 Å². The highest BCUT2D eigenvalue weighted by atomic mass is 16.3. The fourth-order valence-corrected chi connectivity index (χ4v) is 6.09. The molecule has 6 aromatic carbocycles. The number of nitrogens with zero attached hydrogens (tertiary/aromatic N) is 5. The Kier molecular flexibility index (Phi) is 5.40. The summed E-state index contributed by atoms with van der Waals surface area (Å²) in [6.45, 7) is 0. The van der Waals surface area contributed by atoms with Crippen molar-refractivity contribution in [3.63, 3.8) is 0 Å². The van der Waals surface area contributed by atoms with E-state index in [0.29, 0.717) is 29.1 Å². The maximum Gasteiger partial charge on any atom is 0.238 e. The smallest absolute Gasteiger partial charge is 0.238 e. The van der Waals surface area contributed by atoms with Crippen molar-refractivity contribution in [2.45, 2.75) is 0 Å². The largest absolute Gasteiger partial charge is 0.435 e. The molecule has 206 valence electrons. The lowest BCUT2D eigenvalue weighted by Crippen LogP contribution is -2.06. The van der Waals surface area contributed by atoms with Gasteiger partial charge in [-0.05, 0) is 47.2 Å². The highest BCUT2D eigenvalue weighted by Gasteiger charge is 2.21. The first-order valence-electron chi connectivity index (χ1n) is 14.5. The predicted molar refractivity (Wildman–Crippen MR) is 176 cm³/mol. The van der Waals surface area contributed by atoms with Crippen LogP contribution < -0.4 is 0 Å². The molecular weight excluding hydrogens is 542 g/mol. The third kappa shape index (κ3) is 3.82. The van der Waals surface area contributed by atoms with Gasteiger partial charge in [-0.1, -0.05) is 103 Å². The maximum atomic E-state index is 6.41. The Morgan fingerprint density at radius 1 is 0.455 bits per heavy atom. The van der Waals surface area contributed by atoms with Gasteiger partial charge < -0.3 is 4.42 Å². The molecule has 0 radical (unpaired) electrons. The Labute approximate surface area is 251 Å². The van der Waals surface area contributed by atoms with Crippen molar-refractivity contribution in [1.29, 1.82) is 0 Å². The van der Waals surface area contributed by atoms with Crippen LogP contribution in [0.3, 0.4) is 0 Å². The monoisotopic (exact) mass is 565 g/mol. The average molecular weight is 566 g/mol. The van der Waals surface area contributed by atoms with Crippen molar-refractivity contribution in [1.82, 2.24) is 24.5 Å². The number of benzene rings is 6. The summed E-state index contributed by atoms with van der Waals surface area (Å²) in [5.74, 6) is 2.19. The summed E-state index contributed by atoms with van der Waals surface area (Å²) in [4.78, 5) is 20.2. The molecule has 0 spiro atoms. The van der Waals surface area contributed by atoms with Gasteiger partial charge in [0.2, 0.25) is 11.8 Å². The minimum Gasteiger partial charge on any atom is -0.435 e. The molecule has 0 bridgehead atoms. The van der Waals surface area contributed by atoms with E-state index in [0.717, 1.165) is 54.8 Å². The number of aromatic nitrogens is 5. The molecule has 0 atom stereocenters. The van der Waals surface area contributed by atoms with Crippen LogP contribution in [0.15, 0.2) is 144 Å². The molecule has 0 aliphatic heterocycles. The summed E-state index contributed by atoms with van der Waals surface area (Å²) < 4.78 is 8.53. The van der Waals surface area contributed by atoms with E-state index in [1.54, 1.807) is 0 Å². The van der Waals surface area contributed by atoms with E-state index in [1.807, 2.05) is 78.9 Å². The van der Waals surface area contributed by atoms with Crippen molar-refractivity contribution >= 4 is 43.7 Å². The number of rotatable bonds is 4. The lowest BCUT2D eigenvalue weighted by molar-refractivity contribution is 0.620. The summed E-state index contributed by atoms with van der Waals surface area (Å²) in [5, 5.41) is 4.47. The van der Waals surface area contributed by atoms with Crippen molar-refractivity contribution in [2.75, 3.05) is 0 Å². The van der Waals surface area contributed by atoms with E-state index in [4.69, 9.17) is 24.4 Å². The lowest BCUT2D eigenvalue weighted by atomic mass is 10.0. The highest BCUT2D eigenvalue weighted by Crippen LogP contribution is 2.35. The third-order valence-corrected chi connectivity index (χ3v) is 8.11. The minimum absolute atomic E-state index is 0.515. The summed E-state index contributed by atoms with van der Waals surface area (Å²) in [6.07, 6.45) is 0. The number of hydrogen-bond donors (Lipinski definition) is 0. The van der Waals surface area contributed by atoms with Crippen LogP contribution in [-0.2, 0) is 0 Å². The van der Waals surface area contributed by atoms with Crippen LogP contribution >= 0.6 is 0 Å². The van der Waals surface area contributed by atoms with Gasteiger partial charge in [0.15, 0.2) is 17.2 Å². The molecule has 0 aliphatic carbocycles. The molecule has 3 heterocycles. The molecule has 9 rings (SSSR count). The fraction of sp³-hybridized carbons (Fsp3) is 0. The van der Waals surface area contributed by atoms with Gasteiger partial charge in [0, 0.05) is 21.9 Å². The van der Waals surface area contributed by atoms with Gasteiger partial charge >= 0.3 is 0 Å². The quantitative estimate of drug-likeness (QED) is 0.213. The molecule has 0 fully saturated rings. The Balaban J connectivity index is 1.35. The highest BCUT2D eigenvalue weighted by molar-refractivity contribution is 6.09. The zero-order chi connectivity index (χ0) is 29.0. The van der Waals surface area contributed by atoms with Gasteiger partial charge in [-0.15, -0.1) is 0 Å². The van der Waals surface area contributed by atoms with E-state index in [1.165, 1.54) is 0 Å². The Hall–Kier alpha value is -6.14. The van der Waals surface area contributed by atoms with Crippen LogP contribution in [0, 0.1) is 0 Å². The van der Waals surface area contributed by atoms with E-state index in [-0.39, 0.29) is 0 Å². The Morgan fingerprint density at radius 2 is 1.05 bits per heavy atom. The van der Waals surface area contributed by atoms with Gasteiger partial charge in [-0.3, -0.25) is 4.57 Å². The lowest BCUT2D eigenvalue weighted by Gasteiger charge is -2.12. The Morgan fingerprint density at radius 3 is 1.82 bits per heavy atom. The average Bonchev–Trinajstić information content (AvgIpc) is 3.68. The number of hydrogen-bond acceptors (Lipinski definition) is 5. The van der Waals surface area contributed by atoms with Crippen molar-refractivity contribution in [2.24, 2.45) is 0 Å². The molecule has 0 saturated heterocycles. The first kappa shape index (κ1) is 24.5. The maximum absolute atomic E-state index is 6.41. The zero-order valence-electron chi connectivity index (χ0n) is 23.4. The molecule has 0 aliphatic rings. The van der Waals surface area contributed by atoms with Crippen LogP contribution in [0.2, 0.25) is 0 Å². The summed E-state index contributed by atoms with van der Waals surface area (Å²) in [7, 11) is 0. The molecule has 9 aromatic rings. The second-order valence-electron chi connectivity index (χ2n) is 10.7. The molecule has 0 amide bonds. The van der Waals surface area contributed by atoms with E-state index in [2.05, 4.69) is 65.2 Å². The molecule has 0 unspecified atom stereocenters. The molecule has 0 N–H and O–H groups in total. The number of fused-ring (bicyclic) bond motifs is 5. The molecule has 44 heavy (non-hydrogen) atoms. The molecule has 0 saturated carbocycles. The van der Waals surface area contributed by atoms with Crippen LogP contribution in [0.4, 0.5) is 0 Å². The van der Waals surface area contributed by atoms with Crippen molar-refractivity contribution in [3.8, 4) is 40.2 Å². The SMILES string of the molecule is c1ccc(-c2nc3cccc(-c4nc(-c5cccc6ccccc56)nc(-n5c6ccccc6c6ccccc65)n4)c3o2)cc1. The number of oxazole rings is 1. The van der Waals surface area contributed by atoms with Gasteiger partial charge in [0.05, 0.1) is 16.6 Å². The topological polar surface area (TPSA) is 69.6 Å². The van der Waals surface area contributed by atoms with Crippen LogP contribution in [-0.4, -0.2) is 24.5 Å². The molecular formula is C38H23N5O. The van der Waals surface area contributed by atoms with Crippen molar-refractivity contribution in [3.05, 3.63) is 140 Å².